The van der Waals surface area contributed by atoms with Gasteiger partial charge in [0.2, 0.25) is 0 Å². The fraction of sp³-hybridized carbons (Fsp3) is 0.556. The number of likely N-dealkylation sites (tertiary alicyclic amines) is 1. The maximum absolute atomic E-state index is 12.4. The third-order valence-electron chi connectivity index (χ3n) is 3.96. The van der Waals surface area contributed by atoms with Gasteiger partial charge in [0.15, 0.2) is 0 Å². The second-order valence-corrected chi connectivity index (χ2v) is 7.12. The number of nitrogens with zero attached hydrogens (tertiary/aromatic N) is 1. The van der Waals surface area contributed by atoms with Crippen LogP contribution in [0.25, 0.3) is 0 Å². The molecule has 1 fully saturated rings. The number of amides is 1. The minimum atomic E-state index is -0.964. The number of hydrogen-bond acceptors (Lipinski definition) is 3. The SMILES string of the molecule is CC(C)(C)OC(=O)N1CC(Cc2ccccc2)CC[C@H]1C(=O)O. The molecule has 0 aliphatic carbocycles. The van der Waals surface area contributed by atoms with Crippen LogP contribution in [-0.4, -0.2) is 40.3 Å². The van der Waals surface area contributed by atoms with Gasteiger partial charge in [-0.25, -0.2) is 9.59 Å². The summed E-state index contributed by atoms with van der Waals surface area (Å²) in [6.07, 6.45) is 1.56. The molecule has 5 heteroatoms. The van der Waals surface area contributed by atoms with Crippen molar-refractivity contribution in [3.05, 3.63) is 35.9 Å². The van der Waals surface area contributed by atoms with Crippen LogP contribution in [0.3, 0.4) is 0 Å². The minimum Gasteiger partial charge on any atom is -0.480 e. The summed E-state index contributed by atoms with van der Waals surface area (Å²) in [6, 6.07) is 9.27. The molecule has 1 amide bonds. The van der Waals surface area contributed by atoms with E-state index in [-0.39, 0.29) is 5.92 Å². The maximum atomic E-state index is 12.4. The first-order valence-corrected chi connectivity index (χ1v) is 8.02. The van der Waals surface area contributed by atoms with E-state index in [1.807, 2.05) is 18.2 Å². The molecule has 1 aromatic carbocycles. The number of carbonyl (C=O) groups excluding carboxylic acids is 1. The van der Waals surface area contributed by atoms with Crippen molar-refractivity contribution in [2.24, 2.45) is 5.92 Å². The van der Waals surface area contributed by atoms with Crippen LogP contribution in [0, 0.1) is 5.92 Å². The van der Waals surface area contributed by atoms with Crippen molar-refractivity contribution in [2.45, 2.75) is 51.7 Å². The lowest BCUT2D eigenvalue weighted by atomic mass is 9.88. The summed E-state index contributed by atoms with van der Waals surface area (Å²) in [5.41, 5.74) is 0.572. The van der Waals surface area contributed by atoms with Gasteiger partial charge in [-0.05, 0) is 51.5 Å². The molecule has 0 aromatic heterocycles. The average molecular weight is 319 g/mol. The van der Waals surface area contributed by atoms with Gasteiger partial charge in [0, 0.05) is 6.54 Å². The molecule has 23 heavy (non-hydrogen) atoms. The van der Waals surface area contributed by atoms with Crippen molar-refractivity contribution in [1.82, 2.24) is 4.90 Å². The number of aliphatic carboxylic acids is 1. The van der Waals surface area contributed by atoms with Gasteiger partial charge in [-0.15, -0.1) is 0 Å². The van der Waals surface area contributed by atoms with Gasteiger partial charge in [0.25, 0.3) is 0 Å². The number of rotatable bonds is 3. The highest BCUT2D eigenvalue weighted by atomic mass is 16.6. The normalized spacial score (nSPS) is 21.8. The molecule has 0 saturated carbocycles. The van der Waals surface area contributed by atoms with Gasteiger partial charge >= 0.3 is 12.1 Å². The van der Waals surface area contributed by atoms with Gasteiger partial charge in [0.05, 0.1) is 0 Å². The van der Waals surface area contributed by atoms with Crippen LogP contribution in [-0.2, 0) is 16.0 Å². The molecule has 2 atom stereocenters. The highest BCUT2D eigenvalue weighted by molar-refractivity contribution is 5.80. The Morgan fingerprint density at radius 3 is 2.43 bits per heavy atom. The Labute approximate surface area is 137 Å². The largest absolute Gasteiger partial charge is 0.480 e. The summed E-state index contributed by atoms with van der Waals surface area (Å²) in [4.78, 5) is 25.2. The Morgan fingerprint density at radius 1 is 1.22 bits per heavy atom. The molecule has 0 bridgehead atoms. The van der Waals surface area contributed by atoms with E-state index in [2.05, 4.69) is 12.1 Å². The van der Waals surface area contributed by atoms with E-state index in [1.165, 1.54) is 10.5 Å². The zero-order valence-corrected chi connectivity index (χ0v) is 14.0. The van der Waals surface area contributed by atoms with Crippen molar-refractivity contribution in [2.75, 3.05) is 6.54 Å². The highest BCUT2D eigenvalue weighted by Crippen LogP contribution is 2.27. The lowest BCUT2D eigenvalue weighted by molar-refractivity contribution is -0.145. The highest BCUT2D eigenvalue weighted by Gasteiger charge is 2.38. The van der Waals surface area contributed by atoms with Gasteiger partial charge in [-0.1, -0.05) is 30.3 Å². The lowest BCUT2D eigenvalue weighted by Gasteiger charge is -2.38. The maximum Gasteiger partial charge on any atom is 0.411 e. The number of carboxylic acid groups (broad SMARTS) is 1. The first-order chi connectivity index (χ1) is 10.8. The van der Waals surface area contributed by atoms with Crippen molar-refractivity contribution in [3.8, 4) is 0 Å². The third-order valence-corrected chi connectivity index (χ3v) is 3.96. The lowest BCUT2D eigenvalue weighted by Crippen LogP contribution is -2.52. The molecule has 1 saturated heterocycles. The summed E-state index contributed by atoms with van der Waals surface area (Å²) in [6.45, 7) is 5.77. The molecule has 126 valence electrons. The first kappa shape index (κ1) is 17.3. The topological polar surface area (TPSA) is 66.8 Å². The summed E-state index contributed by atoms with van der Waals surface area (Å²) < 4.78 is 5.38. The van der Waals surface area contributed by atoms with Gasteiger partial charge in [-0.3, -0.25) is 4.90 Å². The number of piperidine rings is 1. The Hall–Kier alpha value is -2.04. The Kier molecular flexibility index (Phi) is 5.29. The van der Waals surface area contributed by atoms with Crippen molar-refractivity contribution >= 4 is 12.1 Å². The van der Waals surface area contributed by atoms with Crippen LogP contribution >= 0.6 is 0 Å². The standard InChI is InChI=1S/C18H25NO4/c1-18(2,3)23-17(22)19-12-14(9-10-15(19)16(20)21)11-13-7-5-4-6-8-13/h4-8,14-15H,9-12H2,1-3H3,(H,20,21)/t14?,15-/m0/s1. The van der Waals surface area contributed by atoms with Crippen LogP contribution in [0.2, 0.25) is 0 Å². The zero-order valence-electron chi connectivity index (χ0n) is 14.0. The third kappa shape index (κ3) is 4.98. The molecule has 0 radical (unpaired) electrons. The molecule has 5 nitrogen and oxygen atoms in total. The monoisotopic (exact) mass is 319 g/mol. The molecule has 1 aliphatic rings. The van der Waals surface area contributed by atoms with Crippen LogP contribution < -0.4 is 0 Å². The zero-order chi connectivity index (χ0) is 17.0. The molecular weight excluding hydrogens is 294 g/mol. The Morgan fingerprint density at radius 2 is 1.87 bits per heavy atom. The quantitative estimate of drug-likeness (QED) is 0.928. The van der Waals surface area contributed by atoms with Crippen LogP contribution in [0.15, 0.2) is 30.3 Å². The number of ether oxygens (including phenoxy) is 1. The van der Waals surface area contributed by atoms with Crippen LogP contribution in [0.4, 0.5) is 4.79 Å². The summed E-state index contributed by atoms with van der Waals surface area (Å²) in [5, 5.41) is 9.38. The van der Waals surface area contributed by atoms with E-state index in [0.29, 0.717) is 13.0 Å². The predicted molar refractivity (Wildman–Crippen MR) is 87.2 cm³/mol. The Balaban J connectivity index is 2.08. The summed E-state index contributed by atoms with van der Waals surface area (Å²) in [7, 11) is 0. The molecule has 1 N–H and O–H groups in total. The number of carboxylic acids is 1. The molecule has 0 spiro atoms. The smallest absolute Gasteiger partial charge is 0.411 e. The molecule has 1 unspecified atom stereocenters. The second-order valence-electron chi connectivity index (χ2n) is 7.12. The predicted octanol–water partition coefficient (Wildman–Crippen LogP) is 3.33. The van der Waals surface area contributed by atoms with Gasteiger partial charge in [-0.2, -0.15) is 0 Å². The summed E-state index contributed by atoms with van der Waals surface area (Å²) in [5.74, 6) is -0.713. The fourth-order valence-electron chi connectivity index (χ4n) is 2.94. The first-order valence-electron chi connectivity index (χ1n) is 8.02. The molecule has 1 heterocycles. The fourth-order valence-corrected chi connectivity index (χ4v) is 2.94. The molecular formula is C18H25NO4. The van der Waals surface area contributed by atoms with E-state index in [4.69, 9.17) is 4.74 Å². The molecule has 1 aliphatic heterocycles. The van der Waals surface area contributed by atoms with Crippen molar-refractivity contribution in [3.63, 3.8) is 0 Å². The van der Waals surface area contributed by atoms with Crippen LogP contribution in [0.1, 0.15) is 39.2 Å². The number of hydrogen-bond donors (Lipinski definition) is 1. The van der Waals surface area contributed by atoms with E-state index in [0.717, 1.165) is 12.8 Å². The summed E-state index contributed by atoms with van der Waals surface area (Å²) >= 11 is 0. The minimum absolute atomic E-state index is 0.250. The van der Waals surface area contributed by atoms with E-state index in [9.17, 15) is 14.7 Å². The number of benzene rings is 1. The molecule has 2 rings (SSSR count). The Bertz CT molecular complexity index is 550. The van der Waals surface area contributed by atoms with E-state index in [1.54, 1.807) is 20.8 Å². The number of carbonyl (C=O) groups is 2. The van der Waals surface area contributed by atoms with E-state index >= 15 is 0 Å². The van der Waals surface area contributed by atoms with Crippen molar-refractivity contribution in [1.29, 1.82) is 0 Å². The second kappa shape index (κ2) is 7.02. The van der Waals surface area contributed by atoms with Gasteiger partial charge in [0.1, 0.15) is 11.6 Å². The van der Waals surface area contributed by atoms with Crippen LogP contribution in [0.5, 0.6) is 0 Å². The van der Waals surface area contributed by atoms with E-state index < -0.39 is 23.7 Å². The van der Waals surface area contributed by atoms with Crippen molar-refractivity contribution < 1.29 is 19.4 Å². The molecule has 1 aromatic rings. The average Bonchev–Trinajstić information content (AvgIpc) is 2.46. The van der Waals surface area contributed by atoms with Gasteiger partial charge < -0.3 is 9.84 Å².